The van der Waals surface area contributed by atoms with Crippen LogP contribution in [0.1, 0.15) is 36.5 Å². The summed E-state index contributed by atoms with van der Waals surface area (Å²) in [5.41, 5.74) is 2.15. The predicted molar refractivity (Wildman–Crippen MR) is 141 cm³/mol. The summed E-state index contributed by atoms with van der Waals surface area (Å²) in [7, 11) is 1.54. The number of nitrogens with one attached hydrogen (secondary N) is 1. The second-order valence-electron chi connectivity index (χ2n) is 7.36. The van der Waals surface area contributed by atoms with Crippen LogP contribution in [0.2, 0.25) is 0 Å². The molecular weight excluding hydrogens is 565 g/mol. The van der Waals surface area contributed by atoms with Crippen LogP contribution in [0.25, 0.3) is 6.08 Å². The zero-order chi connectivity index (χ0) is 24.2. The number of hydrogen-bond donors (Lipinski definition) is 1. The van der Waals surface area contributed by atoms with Crippen molar-refractivity contribution in [2.24, 2.45) is 10.1 Å². The minimum atomic E-state index is -0.473. The molecule has 0 saturated carbocycles. The summed E-state index contributed by atoms with van der Waals surface area (Å²) in [5.74, 6) is 0.537. The van der Waals surface area contributed by atoms with Gasteiger partial charge in [-0.1, -0.05) is 25.1 Å². The van der Waals surface area contributed by atoms with Crippen LogP contribution in [0.3, 0.4) is 0 Å². The number of carbonyl (C=O) groups is 1. The molecule has 2 aliphatic heterocycles. The molecule has 34 heavy (non-hydrogen) atoms. The van der Waals surface area contributed by atoms with E-state index in [0.29, 0.717) is 27.8 Å². The number of hydrogen-bond acceptors (Lipinski definition) is 7. The summed E-state index contributed by atoms with van der Waals surface area (Å²) in [5, 5.41) is 24.9. The Morgan fingerprint density at radius 2 is 2.12 bits per heavy atom. The van der Waals surface area contributed by atoms with E-state index < -0.39 is 5.91 Å². The maximum atomic E-state index is 12.7. The molecule has 2 heterocycles. The fraction of sp³-hybridized carbons (Fsp3) is 0.208. The highest BCUT2D eigenvalue weighted by atomic mass is 127. The lowest BCUT2D eigenvalue weighted by Gasteiger charge is -2.20. The molecule has 4 rings (SSSR count). The van der Waals surface area contributed by atoms with E-state index in [9.17, 15) is 10.1 Å². The first kappa shape index (κ1) is 24.0. The van der Waals surface area contributed by atoms with E-state index in [1.54, 1.807) is 18.2 Å². The molecule has 172 valence electrons. The van der Waals surface area contributed by atoms with Crippen molar-refractivity contribution >= 4 is 62.4 Å². The third-order valence-corrected chi connectivity index (χ3v) is 6.80. The van der Waals surface area contributed by atoms with E-state index in [-0.39, 0.29) is 18.0 Å². The van der Waals surface area contributed by atoms with Gasteiger partial charge in [0.1, 0.15) is 11.7 Å². The number of rotatable bonds is 7. The molecule has 8 nitrogen and oxygen atoms in total. The molecule has 0 saturated heterocycles. The summed E-state index contributed by atoms with van der Waals surface area (Å²) in [6.07, 6.45) is 3.31. The minimum absolute atomic E-state index is 0.00369. The predicted octanol–water partition coefficient (Wildman–Crippen LogP) is 5.17. The molecule has 2 aliphatic rings. The smallest absolute Gasteiger partial charge is 0.283 e. The van der Waals surface area contributed by atoms with Gasteiger partial charge >= 0.3 is 0 Å². The number of carbonyl (C=O) groups excluding carboxylic acids is 1. The topological polar surface area (TPSA) is 111 Å². The van der Waals surface area contributed by atoms with Crippen LogP contribution >= 0.6 is 34.4 Å². The van der Waals surface area contributed by atoms with Crippen molar-refractivity contribution in [2.45, 2.75) is 26.4 Å². The standard InChI is InChI=1S/C24H20IN5O3S/c1-3-6-20-29-30-22(27)17(23(31)28-24(30)34-20)9-14-10-18(25)21(19(11-14)32-2)33-13-16-8-5-4-7-15(16)12-26/h4-5,7-11,27H,3,6,13H2,1-2H3. The number of ether oxygens (including phenoxy) is 2. The van der Waals surface area contributed by atoms with Crippen LogP contribution < -0.4 is 9.47 Å². The van der Waals surface area contributed by atoms with Gasteiger partial charge in [0.2, 0.25) is 5.17 Å². The highest BCUT2D eigenvalue weighted by Gasteiger charge is 2.35. The second-order valence-corrected chi connectivity index (χ2v) is 9.56. The largest absolute Gasteiger partial charge is 0.493 e. The third-order valence-electron chi connectivity index (χ3n) is 5.03. The van der Waals surface area contributed by atoms with Gasteiger partial charge in [-0.05, 0) is 77.0 Å². The number of hydrazone groups is 1. The van der Waals surface area contributed by atoms with E-state index in [4.69, 9.17) is 14.9 Å². The van der Waals surface area contributed by atoms with Crippen molar-refractivity contribution in [1.29, 1.82) is 10.7 Å². The normalized spacial score (nSPS) is 16.2. The number of methoxy groups -OCH3 is 1. The van der Waals surface area contributed by atoms with Crippen LogP contribution in [0, 0.1) is 20.3 Å². The summed E-state index contributed by atoms with van der Waals surface area (Å²) < 4.78 is 12.3. The first-order chi connectivity index (χ1) is 16.4. The molecule has 10 heteroatoms. The number of nitrogens with zero attached hydrogens (tertiary/aromatic N) is 4. The monoisotopic (exact) mass is 585 g/mol. The van der Waals surface area contributed by atoms with E-state index >= 15 is 0 Å². The van der Waals surface area contributed by atoms with Crippen LogP contribution in [-0.2, 0) is 11.4 Å². The molecule has 2 aromatic rings. The van der Waals surface area contributed by atoms with Crippen molar-refractivity contribution < 1.29 is 14.3 Å². The van der Waals surface area contributed by atoms with Gasteiger partial charge in [0, 0.05) is 5.56 Å². The number of nitriles is 1. The molecular formula is C24H20IN5O3S. The zero-order valence-electron chi connectivity index (χ0n) is 18.5. The zero-order valence-corrected chi connectivity index (χ0v) is 21.4. The van der Waals surface area contributed by atoms with Crippen molar-refractivity contribution in [1.82, 2.24) is 5.01 Å². The van der Waals surface area contributed by atoms with Crippen molar-refractivity contribution in [3.05, 3.63) is 62.2 Å². The first-order valence-corrected chi connectivity index (χ1v) is 12.3. The Balaban J connectivity index is 1.61. The lowest BCUT2D eigenvalue weighted by molar-refractivity contribution is -0.114. The van der Waals surface area contributed by atoms with Gasteiger partial charge in [-0.25, -0.2) is 0 Å². The Morgan fingerprint density at radius 3 is 2.85 bits per heavy atom. The molecule has 0 unspecified atom stereocenters. The fourth-order valence-corrected chi connectivity index (χ4v) is 5.15. The number of thioether (sulfide) groups is 1. The highest BCUT2D eigenvalue weighted by molar-refractivity contribution is 14.1. The highest BCUT2D eigenvalue weighted by Crippen LogP contribution is 2.36. The first-order valence-electron chi connectivity index (χ1n) is 10.4. The average molecular weight is 585 g/mol. The molecule has 0 aliphatic carbocycles. The van der Waals surface area contributed by atoms with Crippen molar-refractivity contribution in [3.8, 4) is 17.6 Å². The molecule has 2 aromatic carbocycles. The number of fused-ring (bicyclic) bond motifs is 1. The molecule has 0 spiro atoms. The van der Waals surface area contributed by atoms with Crippen LogP contribution in [0.4, 0.5) is 0 Å². The Morgan fingerprint density at radius 1 is 1.32 bits per heavy atom. The Kier molecular flexibility index (Phi) is 7.33. The second kappa shape index (κ2) is 10.4. The molecule has 0 radical (unpaired) electrons. The Labute approximate surface area is 215 Å². The van der Waals surface area contributed by atoms with Gasteiger partial charge in [-0.3, -0.25) is 10.2 Å². The third kappa shape index (κ3) is 4.85. The van der Waals surface area contributed by atoms with Gasteiger partial charge < -0.3 is 9.47 Å². The number of amidine groups is 2. The van der Waals surface area contributed by atoms with Crippen LogP contribution in [0.15, 0.2) is 52.1 Å². The van der Waals surface area contributed by atoms with Gasteiger partial charge in [0.05, 0.1) is 27.9 Å². The maximum Gasteiger partial charge on any atom is 0.283 e. The van der Waals surface area contributed by atoms with Crippen molar-refractivity contribution in [3.63, 3.8) is 0 Å². The SMILES string of the molecule is CCCC1=NN2C(=N)C(=Cc3cc(I)c(OCc4ccccc4C#N)c(OC)c3)C(=O)N=C2S1. The maximum absolute atomic E-state index is 12.7. The summed E-state index contributed by atoms with van der Waals surface area (Å²) in [6.45, 7) is 2.26. The lowest BCUT2D eigenvalue weighted by Crippen LogP contribution is -2.35. The van der Waals surface area contributed by atoms with Crippen LogP contribution in [-0.4, -0.2) is 34.1 Å². The van der Waals surface area contributed by atoms with E-state index in [0.717, 1.165) is 27.0 Å². The number of aliphatic imine (C=N–C) groups is 1. The molecule has 1 amide bonds. The molecule has 0 aromatic heterocycles. The van der Waals surface area contributed by atoms with Gasteiger partial charge in [0.15, 0.2) is 17.3 Å². The van der Waals surface area contributed by atoms with Gasteiger partial charge in [0.25, 0.3) is 5.91 Å². The lowest BCUT2D eigenvalue weighted by atomic mass is 10.1. The summed E-state index contributed by atoms with van der Waals surface area (Å²) in [4.78, 5) is 16.8. The molecule has 1 N–H and O–H groups in total. The number of benzene rings is 2. The average Bonchev–Trinajstić information content (AvgIpc) is 3.23. The molecule has 0 fully saturated rings. The fourth-order valence-electron chi connectivity index (χ4n) is 3.38. The van der Waals surface area contributed by atoms with Gasteiger partial charge in [-0.15, -0.1) is 0 Å². The van der Waals surface area contributed by atoms with E-state index in [1.807, 2.05) is 24.3 Å². The molecule has 0 bridgehead atoms. The Bertz CT molecular complexity index is 1310. The Hall–Kier alpha value is -3.17. The van der Waals surface area contributed by atoms with E-state index in [1.165, 1.54) is 23.9 Å². The van der Waals surface area contributed by atoms with Gasteiger partial charge in [-0.2, -0.15) is 20.4 Å². The molecule has 0 atom stereocenters. The van der Waals surface area contributed by atoms with Crippen molar-refractivity contribution in [2.75, 3.05) is 7.11 Å². The number of amides is 1. The quantitative estimate of drug-likeness (QED) is 0.355. The van der Waals surface area contributed by atoms with E-state index in [2.05, 4.69) is 45.7 Å². The summed E-state index contributed by atoms with van der Waals surface area (Å²) in [6, 6.07) is 13.0. The minimum Gasteiger partial charge on any atom is -0.493 e. The number of halogens is 1. The summed E-state index contributed by atoms with van der Waals surface area (Å²) >= 11 is 3.47. The van der Waals surface area contributed by atoms with Crippen LogP contribution in [0.5, 0.6) is 11.5 Å².